The summed E-state index contributed by atoms with van der Waals surface area (Å²) in [5.41, 5.74) is 3.26. The van der Waals surface area contributed by atoms with E-state index in [1.54, 1.807) is 24.6 Å². The first kappa shape index (κ1) is 31.0. The number of hydrogen-bond donors (Lipinski definition) is 4. The maximum absolute atomic E-state index is 13.8. The third kappa shape index (κ3) is 8.10. The van der Waals surface area contributed by atoms with Crippen molar-refractivity contribution in [1.29, 1.82) is 0 Å². The molecule has 4 rings (SSSR count). The quantitative estimate of drug-likeness (QED) is 0.236. The number of nitrogens with one attached hydrogen (secondary N) is 3. The number of fused-ring (bicyclic) bond motifs is 1. The molecule has 4 N–H and O–H groups in total. The van der Waals surface area contributed by atoms with E-state index in [4.69, 9.17) is 0 Å². The van der Waals surface area contributed by atoms with Crippen molar-refractivity contribution in [3.8, 4) is 0 Å². The van der Waals surface area contributed by atoms with Crippen LogP contribution in [0.3, 0.4) is 0 Å². The van der Waals surface area contributed by atoms with Crippen molar-refractivity contribution in [2.24, 2.45) is 5.92 Å². The van der Waals surface area contributed by atoms with Crippen molar-refractivity contribution in [1.82, 2.24) is 25.2 Å². The largest absolute Gasteiger partial charge is 0.390 e. The van der Waals surface area contributed by atoms with Crippen LogP contribution in [-0.2, 0) is 26.0 Å². The number of amides is 2. The molecule has 1 saturated heterocycles. The van der Waals surface area contributed by atoms with Crippen LogP contribution in [0.2, 0.25) is 0 Å². The molecule has 0 radical (unpaired) electrons. The average molecular weight is 602 g/mol. The SMILES string of the molecule is CC(C)CN(CC(O)C(Cc1ccccc1)NC(=O)C(C)NC(=O)C1CCCN1)S(=O)(=O)c1ccc2ncsc2c1. The van der Waals surface area contributed by atoms with E-state index in [1.165, 1.54) is 21.7 Å². The summed E-state index contributed by atoms with van der Waals surface area (Å²) in [5.74, 6) is -0.701. The fourth-order valence-electron chi connectivity index (χ4n) is 4.91. The van der Waals surface area contributed by atoms with Crippen LogP contribution >= 0.6 is 11.3 Å². The van der Waals surface area contributed by atoms with Gasteiger partial charge in [-0.3, -0.25) is 9.59 Å². The predicted molar refractivity (Wildman–Crippen MR) is 160 cm³/mol. The van der Waals surface area contributed by atoms with Crippen LogP contribution < -0.4 is 16.0 Å². The molecule has 2 aromatic carbocycles. The number of aliphatic hydroxyl groups is 1. The predicted octanol–water partition coefficient (Wildman–Crippen LogP) is 2.29. The highest BCUT2D eigenvalue weighted by atomic mass is 32.2. The van der Waals surface area contributed by atoms with E-state index in [-0.39, 0.29) is 42.3 Å². The normalized spacial score (nSPS) is 18.0. The summed E-state index contributed by atoms with van der Waals surface area (Å²) in [6.45, 7) is 6.15. The van der Waals surface area contributed by atoms with E-state index in [1.807, 2.05) is 44.2 Å². The van der Waals surface area contributed by atoms with Crippen molar-refractivity contribution >= 4 is 43.4 Å². The molecule has 3 aromatic rings. The van der Waals surface area contributed by atoms with Gasteiger partial charge in [0.2, 0.25) is 21.8 Å². The molecule has 2 amide bonds. The summed E-state index contributed by atoms with van der Waals surface area (Å²) in [7, 11) is -3.96. The van der Waals surface area contributed by atoms with E-state index in [9.17, 15) is 23.1 Å². The van der Waals surface area contributed by atoms with Crippen molar-refractivity contribution < 1.29 is 23.1 Å². The molecule has 10 nitrogen and oxygen atoms in total. The van der Waals surface area contributed by atoms with Crippen LogP contribution in [0.5, 0.6) is 0 Å². The topological polar surface area (TPSA) is 141 Å². The Hall–Kier alpha value is -2.90. The second-order valence-electron chi connectivity index (χ2n) is 10.9. The molecular weight excluding hydrogens is 562 g/mol. The van der Waals surface area contributed by atoms with Gasteiger partial charge in [0.25, 0.3) is 0 Å². The lowest BCUT2D eigenvalue weighted by atomic mass is 10.0. The molecule has 1 aliphatic rings. The molecule has 1 aliphatic heterocycles. The number of benzene rings is 2. The van der Waals surface area contributed by atoms with Crippen LogP contribution in [0.4, 0.5) is 0 Å². The molecule has 0 bridgehead atoms. The van der Waals surface area contributed by atoms with Gasteiger partial charge in [0.05, 0.1) is 38.8 Å². The Morgan fingerprint density at radius 3 is 2.56 bits per heavy atom. The van der Waals surface area contributed by atoms with Crippen molar-refractivity contribution in [3.05, 3.63) is 59.6 Å². The van der Waals surface area contributed by atoms with Gasteiger partial charge >= 0.3 is 0 Å². The summed E-state index contributed by atoms with van der Waals surface area (Å²) < 4.78 is 29.6. The Kier molecular flexibility index (Phi) is 10.5. The highest BCUT2D eigenvalue weighted by Crippen LogP contribution is 2.25. The summed E-state index contributed by atoms with van der Waals surface area (Å²) in [4.78, 5) is 30.1. The molecule has 4 unspecified atom stereocenters. The lowest BCUT2D eigenvalue weighted by molar-refractivity contribution is -0.130. The summed E-state index contributed by atoms with van der Waals surface area (Å²) in [6.07, 6.45) is 0.670. The molecule has 41 heavy (non-hydrogen) atoms. The van der Waals surface area contributed by atoms with E-state index < -0.39 is 34.1 Å². The standard InChI is InChI=1S/C29H39N5O5S2/c1-19(2)16-34(41(38,39)22-11-12-23-27(15-22)40-18-31-23)17-26(35)25(14-21-8-5-4-6-9-21)33-28(36)20(3)32-29(37)24-10-7-13-30-24/h4-6,8-9,11-12,15,18-20,24-26,30,35H,7,10,13-14,16-17H2,1-3H3,(H,32,37)(H,33,36). The lowest BCUT2D eigenvalue weighted by Gasteiger charge is -2.31. The van der Waals surface area contributed by atoms with Gasteiger partial charge in [0.1, 0.15) is 6.04 Å². The second kappa shape index (κ2) is 13.8. The van der Waals surface area contributed by atoms with Gasteiger partial charge in [-0.2, -0.15) is 4.31 Å². The molecule has 1 aromatic heterocycles. The summed E-state index contributed by atoms with van der Waals surface area (Å²) in [6, 6.07) is 12.2. The molecular formula is C29H39N5O5S2. The van der Waals surface area contributed by atoms with Crippen LogP contribution in [0.25, 0.3) is 10.2 Å². The maximum atomic E-state index is 13.8. The molecule has 4 atom stereocenters. The first-order chi connectivity index (χ1) is 19.5. The number of sulfonamides is 1. The minimum absolute atomic E-state index is 0.00861. The van der Waals surface area contributed by atoms with Crippen molar-refractivity contribution in [3.63, 3.8) is 0 Å². The Bertz CT molecular complexity index is 1420. The van der Waals surface area contributed by atoms with Gasteiger partial charge in [-0.05, 0) is 62.4 Å². The second-order valence-corrected chi connectivity index (χ2v) is 13.8. The van der Waals surface area contributed by atoms with Gasteiger partial charge in [0.15, 0.2) is 0 Å². The molecule has 12 heteroatoms. The third-order valence-electron chi connectivity index (χ3n) is 7.12. The Morgan fingerprint density at radius 2 is 1.88 bits per heavy atom. The van der Waals surface area contributed by atoms with E-state index in [2.05, 4.69) is 20.9 Å². The number of nitrogens with zero attached hydrogens (tertiary/aromatic N) is 2. The lowest BCUT2D eigenvalue weighted by Crippen LogP contribution is -2.56. The molecule has 0 spiro atoms. The number of carbonyl (C=O) groups is 2. The molecule has 0 aliphatic carbocycles. The number of carbonyl (C=O) groups excluding carboxylic acids is 2. The van der Waals surface area contributed by atoms with E-state index in [0.717, 1.165) is 28.7 Å². The van der Waals surface area contributed by atoms with Crippen LogP contribution in [0, 0.1) is 5.92 Å². The monoisotopic (exact) mass is 601 g/mol. The highest BCUT2D eigenvalue weighted by Gasteiger charge is 2.33. The fourth-order valence-corrected chi connectivity index (χ4v) is 7.34. The van der Waals surface area contributed by atoms with E-state index in [0.29, 0.717) is 6.42 Å². The minimum Gasteiger partial charge on any atom is -0.390 e. The number of aromatic nitrogens is 1. The van der Waals surface area contributed by atoms with E-state index >= 15 is 0 Å². The minimum atomic E-state index is -3.96. The molecule has 1 fully saturated rings. The van der Waals surface area contributed by atoms with Gasteiger partial charge in [-0.15, -0.1) is 11.3 Å². The zero-order chi connectivity index (χ0) is 29.6. The van der Waals surface area contributed by atoms with Crippen LogP contribution in [-0.4, -0.2) is 78.5 Å². The van der Waals surface area contributed by atoms with Crippen LogP contribution in [0.1, 0.15) is 39.2 Å². The third-order valence-corrected chi connectivity index (χ3v) is 9.74. The zero-order valence-electron chi connectivity index (χ0n) is 23.6. The Labute approximate surface area is 245 Å². The number of aliphatic hydroxyl groups excluding tert-OH is 1. The van der Waals surface area contributed by atoms with Gasteiger partial charge in [-0.25, -0.2) is 13.4 Å². The summed E-state index contributed by atoms with van der Waals surface area (Å²) in [5, 5.41) is 20.2. The highest BCUT2D eigenvalue weighted by molar-refractivity contribution is 7.89. The van der Waals surface area contributed by atoms with Crippen molar-refractivity contribution in [2.75, 3.05) is 19.6 Å². The smallest absolute Gasteiger partial charge is 0.243 e. The molecule has 222 valence electrons. The zero-order valence-corrected chi connectivity index (χ0v) is 25.2. The first-order valence-electron chi connectivity index (χ1n) is 13.9. The number of thiazole rings is 1. The van der Waals surface area contributed by atoms with Gasteiger partial charge < -0.3 is 21.1 Å². The van der Waals surface area contributed by atoms with Gasteiger partial charge in [0, 0.05) is 13.1 Å². The van der Waals surface area contributed by atoms with Crippen LogP contribution in [0.15, 0.2) is 58.9 Å². The Morgan fingerprint density at radius 1 is 1.12 bits per heavy atom. The fraction of sp³-hybridized carbons (Fsp3) is 0.483. The first-order valence-corrected chi connectivity index (χ1v) is 16.3. The van der Waals surface area contributed by atoms with Crippen molar-refractivity contribution in [2.45, 2.75) is 69.2 Å². The Balaban J connectivity index is 1.53. The molecule has 2 heterocycles. The molecule has 0 saturated carbocycles. The number of hydrogen-bond acceptors (Lipinski definition) is 8. The maximum Gasteiger partial charge on any atom is 0.243 e. The van der Waals surface area contributed by atoms with Gasteiger partial charge in [-0.1, -0.05) is 44.2 Å². The number of rotatable bonds is 13. The average Bonchev–Trinajstić information content (AvgIpc) is 3.64. The summed E-state index contributed by atoms with van der Waals surface area (Å²) >= 11 is 1.36.